The number of nitrogens with one attached hydrogen (secondary N) is 1. The van der Waals surface area contributed by atoms with Gasteiger partial charge in [-0.2, -0.15) is 0 Å². The van der Waals surface area contributed by atoms with E-state index in [4.69, 9.17) is 0 Å². The van der Waals surface area contributed by atoms with E-state index in [1.165, 1.54) is 38.6 Å². The zero-order valence-corrected chi connectivity index (χ0v) is 12.1. The van der Waals surface area contributed by atoms with Gasteiger partial charge in [0.1, 0.15) is 0 Å². The SMILES string of the molecule is CCC1CCC(C)N1C(CNC1CC1)C(C)C. The van der Waals surface area contributed by atoms with E-state index in [0.717, 1.165) is 30.1 Å². The molecule has 2 aliphatic rings. The van der Waals surface area contributed by atoms with Crippen LogP contribution >= 0.6 is 0 Å². The second kappa shape index (κ2) is 5.71. The van der Waals surface area contributed by atoms with Gasteiger partial charge < -0.3 is 5.32 Å². The number of hydrogen-bond donors (Lipinski definition) is 1. The number of nitrogens with zero attached hydrogens (tertiary/aromatic N) is 1. The summed E-state index contributed by atoms with van der Waals surface area (Å²) >= 11 is 0. The lowest BCUT2D eigenvalue weighted by Gasteiger charge is -2.38. The smallest absolute Gasteiger partial charge is 0.0249 e. The summed E-state index contributed by atoms with van der Waals surface area (Å²) in [6.07, 6.45) is 6.92. The minimum Gasteiger partial charge on any atom is -0.312 e. The molecule has 0 spiro atoms. The molecule has 1 aliphatic carbocycles. The van der Waals surface area contributed by atoms with Crippen molar-refractivity contribution in [3.63, 3.8) is 0 Å². The van der Waals surface area contributed by atoms with Crippen molar-refractivity contribution >= 4 is 0 Å². The van der Waals surface area contributed by atoms with E-state index in [9.17, 15) is 0 Å². The lowest BCUT2D eigenvalue weighted by atomic mass is 10.00. The van der Waals surface area contributed by atoms with E-state index >= 15 is 0 Å². The highest BCUT2D eigenvalue weighted by atomic mass is 15.3. The van der Waals surface area contributed by atoms with E-state index in [1.54, 1.807) is 0 Å². The Labute approximate surface area is 107 Å². The lowest BCUT2D eigenvalue weighted by molar-refractivity contribution is 0.0985. The molecular formula is C15H30N2. The van der Waals surface area contributed by atoms with Gasteiger partial charge in [-0.3, -0.25) is 4.90 Å². The van der Waals surface area contributed by atoms with Gasteiger partial charge in [0.05, 0.1) is 0 Å². The summed E-state index contributed by atoms with van der Waals surface area (Å²) in [5.41, 5.74) is 0. The third-order valence-electron chi connectivity index (χ3n) is 4.67. The first kappa shape index (κ1) is 13.4. The van der Waals surface area contributed by atoms with Gasteiger partial charge in [-0.05, 0) is 44.9 Å². The van der Waals surface area contributed by atoms with E-state index in [2.05, 4.69) is 37.9 Å². The first-order chi connectivity index (χ1) is 8.13. The van der Waals surface area contributed by atoms with Crippen LogP contribution in [-0.2, 0) is 0 Å². The molecule has 0 aromatic heterocycles. The Bertz CT molecular complexity index is 235. The van der Waals surface area contributed by atoms with Crippen molar-refractivity contribution in [2.24, 2.45) is 5.92 Å². The molecule has 0 bridgehead atoms. The van der Waals surface area contributed by atoms with Crippen LogP contribution in [0.4, 0.5) is 0 Å². The zero-order chi connectivity index (χ0) is 12.4. The van der Waals surface area contributed by atoms with Crippen molar-refractivity contribution < 1.29 is 0 Å². The van der Waals surface area contributed by atoms with E-state index in [1.807, 2.05) is 0 Å². The molecule has 100 valence electrons. The van der Waals surface area contributed by atoms with Gasteiger partial charge >= 0.3 is 0 Å². The monoisotopic (exact) mass is 238 g/mol. The van der Waals surface area contributed by atoms with Gasteiger partial charge in [0.15, 0.2) is 0 Å². The van der Waals surface area contributed by atoms with Crippen LogP contribution in [0.25, 0.3) is 0 Å². The summed E-state index contributed by atoms with van der Waals surface area (Å²) in [7, 11) is 0. The van der Waals surface area contributed by atoms with E-state index in [0.29, 0.717) is 0 Å². The third-order valence-corrected chi connectivity index (χ3v) is 4.67. The molecule has 3 atom stereocenters. The van der Waals surface area contributed by atoms with Crippen molar-refractivity contribution in [2.45, 2.75) is 84.0 Å². The minimum atomic E-state index is 0.734. The molecule has 0 aromatic rings. The molecule has 0 radical (unpaired) electrons. The first-order valence-corrected chi connectivity index (χ1v) is 7.64. The number of likely N-dealkylation sites (tertiary alicyclic amines) is 1. The minimum absolute atomic E-state index is 0.734. The van der Waals surface area contributed by atoms with Crippen molar-refractivity contribution in [3.8, 4) is 0 Å². The first-order valence-electron chi connectivity index (χ1n) is 7.64. The predicted molar refractivity (Wildman–Crippen MR) is 74.3 cm³/mol. The molecule has 1 heterocycles. The second-order valence-electron chi connectivity index (χ2n) is 6.43. The highest BCUT2D eigenvalue weighted by Crippen LogP contribution is 2.31. The van der Waals surface area contributed by atoms with Gasteiger partial charge in [-0.15, -0.1) is 0 Å². The fraction of sp³-hybridized carbons (Fsp3) is 1.00. The number of hydrogen-bond acceptors (Lipinski definition) is 2. The van der Waals surface area contributed by atoms with Gasteiger partial charge in [0.25, 0.3) is 0 Å². The molecule has 0 aromatic carbocycles. The highest BCUT2D eigenvalue weighted by molar-refractivity contribution is 4.93. The topological polar surface area (TPSA) is 15.3 Å². The molecule has 1 aliphatic heterocycles. The molecular weight excluding hydrogens is 208 g/mol. The Morgan fingerprint density at radius 1 is 1.18 bits per heavy atom. The van der Waals surface area contributed by atoms with Gasteiger partial charge in [-0.1, -0.05) is 20.8 Å². The zero-order valence-electron chi connectivity index (χ0n) is 12.1. The highest BCUT2D eigenvalue weighted by Gasteiger charge is 2.36. The van der Waals surface area contributed by atoms with Crippen molar-refractivity contribution in [3.05, 3.63) is 0 Å². The maximum atomic E-state index is 3.74. The summed E-state index contributed by atoms with van der Waals surface area (Å²) < 4.78 is 0. The molecule has 3 unspecified atom stereocenters. The lowest BCUT2D eigenvalue weighted by Crippen LogP contribution is -2.50. The summed E-state index contributed by atoms with van der Waals surface area (Å²) in [6, 6.07) is 3.19. The van der Waals surface area contributed by atoms with Crippen molar-refractivity contribution in [2.75, 3.05) is 6.54 Å². The van der Waals surface area contributed by atoms with Crippen LogP contribution in [0.2, 0.25) is 0 Å². The van der Waals surface area contributed by atoms with Gasteiger partial charge in [-0.25, -0.2) is 0 Å². The van der Waals surface area contributed by atoms with Gasteiger partial charge in [0.2, 0.25) is 0 Å². The van der Waals surface area contributed by atoms with Crippen molar-refractivity contribution in [1.82, 2.24) is 10.2 Å². The molecule has 1 saturated carbocycles. The maximum Gasteiger partial charge on any atom is 0.0249 e. The summed E-state index contributed by atoms with van der Waals surface area (Å²) in [4.78, 5) is 2.82. The average Bonchev–Trinajstić information content (AvgIpc) is 3.04. The summed E-state index contributed by atoms with van der Waals surface area (Å²) in [6.45, 7) is 10.7. The van der Waals surface area contributed by atoms with Crippen LogP contribution in [0.5, 0.6) is 0 Å². The molecule has 2 heteroatoms. The number of rotatable bonds is 6. The van der Waals surface area contributed by atoms with Crippen LogP contribution < -0.4 is 5.32 Å². The van der Waals surface area contributed by atoms with Crippen LogP contribution in [0.1, 0.15) is 59.8 Å². The Morgan fingerprint density at radius 2 is 1.88 bits per heavy atom. The Balaban J connectivity index is 1.96. The summed E-state index contributed by atoms with van der Waals surface area (Å²) in [5.74, 6) is 0.760. The Hall–Kier alpha value is -0.0800. The molecule has 2 nitrogen and oxygen atoms in total. The molecule has 1 N–H and O–H groups in total. The quantitative estimate of drug-likeness (QED) is 0.765. The van der Waals surface area contributed by atoms with Crippen molar-refractivity contribution in [1.29, 1.82) is 0 Å². The normalized spacial score (nSPS) is 32.3. The molecule has 1 saturated heterocycles. The Kier molecular flexibility index (Phi) is 4.48. The Morgan fingerprint density at radius 3 is 2.41 bits per heavy atom. The van der Waals surface area contributed by atoms with Crippen LogP contribution in [0, 0.1) is 5.92 Å². The third kappa shape index (κ3) is 3.23. The molecule has 0 amide bonds. The standard InChI is InChI=1S/C15H30N2/c1-5-14-9-6-12(4)17(14)15(11(2)3)10-16-13-7-8-13/h11-16H,5-10H2,1-4H3. The fourth-order valence-electron chi connectivity index (χ4n) is 3.36. The molecule has 2 rings (SSSR count). The largest absolute Gasteiger partial charge is 0.312 e. The van der Waals surface area contributed by atoms with Crippen LogP contribution in [-0.4, -0.2) is 35.6 Å². The van der Waals surface area contributed by atoms with Crippen LogP contribution in [0.15, 0.2) is 0 Å². The van der Waals surface area contributed by atoms with E-state index in [-0.39, 0.29) is 0 Å². The molecule has 17 heavy (non-hydrogen) atoms. The van der Waals surface area contributed by atoms with Crippen LogP contribution in [0.3, 0.4) is 0 Å². The summed E-state index contributed by atoms with van der Waals surface area (Å²) in [5, 5.41) is 3.74. The fourth-order valence-corrected chi connectivity index (χ4v) is 3.36. The maximum absolute atomic E-state index is 3.74. The average molecular weight is 238 g/mol. The second-order valence-corrected chi connectivity index (χ2v) is 6.43. The predicted octanol–water partition coefficient (Wildman–Crippen LogP) is 3.03. The molecule has 2 fully saturated rings. The van der Waals surface area contributed by atoms with E-state index < -0.39 is 0 Å². The van der Waals surface area contributed by atoms with Gasteiger partial charge in [0, 0.05) is 30.7 Å².